The van der Waals surface area contributed by atoms with Gasteiger partial charge < -0.3 is 15.4 Å². The van der Waals surface area contributed by atoms with E-state index in [4.69, 9.17) is 4.74 Å². The zero-order valence-electron chi connectivity index (χ0n) is 13.2. The van der Waals surface area contributed by atoms with Crippen molar-refractivity contribution in [2.75, 3.05) is 19.8 Å². The fourth-order valence-electron chi connectivity index (χ4n) is 3.34. The van der Waals surface area contributed by atoms with Gasteiger partial charge >= 0.3 is 0 Å². The standard InChI is InChI=1S/C16H30N2O2/c1-4-16(2,3)12-5-7-13(8-6-12)18-15(19)14-11-20-10-9-17-14/h12-14,17H,4-11H2,1-3H3,(H,18,19). The SMILES string of the molecule is CCC(C)(C)C1CCC(NC(=O)C2COCCN2)CC1. The predicted octanol–water partition coefficient (Wildman–Crippen LogP) is 2.09. The Morgan fingerprint density at radius 1 is 1.30 bits per heavy atom. The summed E-state index contributed by atoms with van der Waals surface area (Å²) in [5.74, 6) is 0.916. The van der Waals surface area contributed by atoms with E-state index in [1.54, 1.807) is 0 Å². The van der Waals surface area contributed by atoms with Gasteiger partial charge in [0.05, 0.1) is 13.2 Å². The van der Waals surface area contributed by atoms with E-state index in [1.807, 2.05) is 0 Å². The molecule has 2 aliphatic rings. The van der Waals surface area contributed by atoms with E-state index in [1.165, 1.54) is 19.3 Å². The molecule has 1 aliphatic heterocycles. The van der Waals surface area contributed by atoms with E-state index >= 15 is 0 Å². The van der Waals surface area contributed by atoms with E-state index in [0.717, 1.165) is 25.3 Å². The van der Waals surface area contributed by atoms with Crippen LogP contribution in [0.5, 0.6) is 0 Å². The van der Waals surface area contributed by atoms with Gasteiger partial charge in [0.1, 0.15) is 6.04 Å². The minimum Gasteiger partial charge on any atom is -0.378 e. The second kappa shape index (κ2) is 6.90. The highest BCUT2D eigenvalue weighted by Crippen LogP contribution is 2.40. The number of amides is 1. The maximum atomic E-state index is 12.1. The van der Waals surface area contributed by atoms with E-state index in [0.29, 0.717) is 24.7 Å². The molecule has 1 unspecified atom stereocenters. The van der Waals surface area contributed by atoms with Crippen molar-refractivity contribution in [3.63, 3.8) is 0 Å². The summed E-state index contributed by atoms with van der Waals surface area (Å²) in [6, 6.07) is 0.198. The Kier molecular flexibility index (Phi) is 5.44. The predicted molar refractivity (Wildman–Crippen MR) is 80.6 cm³/mol. The molecule has 0 aromatic carbocycles. The van der Waals surface area contributed by atoms with E-state index in [9.17, 15) is 4.79 Å². The number of nitrogens with one attached hydrogen (secondary N) is 2. The zero-order chi connectivity index (χ0) is 14.6. The van der Waals surface area contributed by atoms with Crippen LogP contribution in [0.1, 0.15) is 52.9 Å². The minimum absolute atomic E-state index is 0.114. The molecule has 0 spiro atoms. The molecule has 1 heterocycles. The van der Waals surface area contributed by atoms with E-state index in [-0.39, 0.29) is 11.9 Å². The first-order valence-corrected chi connectivity index (χ1v) is 8.14. The molecule has 2 rings (SSSR count). The Morgan fingerprint density at radius 3 is 2.55 bits per heavy atom. The summed E-state index contributed by atoms with van der Waals surface area (Å²) in [6.45, 7) is 9.02. The van der Waals surface area contributed by atoms with Crippen LogP contribution in [0.2, 0.25) is 0 Å². The summed E-state index contributed by atoms with van der Waals surface area (Å²) in [5.41, 5.74) is 0.438. The molecule has 1 aliphatic carbocycles. The quantitative estimate of drug-likeness (QED) is 0.830. The second-order valence-electron chi connectivity index (χ2n) is 6.98. The van der Waals surface area contributed by atoms with Gasteiger partial charge in [0.25, 0.3) is 0 Å². The van der Waals surface area contributed by atoms with Crippen LogP contribution in [0.15, 0.2) is 0 Å². The maximum absolute atomic E-state index is 12.1. The normalized spacial score (nSPS) is 31.9. The van der Waals surface area contributed by atoms with Crippen LogP contribution in [0, 0.1) is 11.3 Å². The van der Waals surface area contributed by atoms with Gasteiger partial charge in [0.2, 0.25) is 5.91 Å². The summed E-state index contributed by atoms with van der Waals surface area (Å²) >= 11 is 0. The summed E-state index contributed by atoms with van der Waals surface area (Å²) in [5, 5.41) is 6.41. The first kappa shape index (κ1) is 15.8. The van der Waals surface area contributed by atoms with Gasteiger partial charge in [-0.05, 0) is 37.0 Å². The molecule has 0 bridgehead atoms. The molecule has 1 atom stereocenters. The molecular formula is C16H30N2O2. The number of hydrogen-bond donors (Lipinski definition) is 2. The first-order valence-electron chi connectivity index (χ1n) is 8.14. The molecule has 0 aromatic rings. The van der Waals surface area contributed by atoms with Crippen molar-refractivity contribution >= 4 is 5.91 Å². The van der Waals surface area contributed by atoms with Gasteiger partial charge in [0, 0.05) is 12.6 Å². The maximum Gasteiger partial charge on any atom is 0.239 e. The molecule has 1 amide bonds. The number of ether oxygens (including phenoxy) is 1. The van der Waals surface area contributed by atoms with Crippen molar-refractivity contribution < 1.29 is 9.53 Å². The highest BCUT2D eigenvalue weighted by Gasteiger charge is 2.33. The van der Waals surface area contributed by atoms with Crippen LogP contribution >= 0.6 is 0 Å². The lowest BCUT2D eigenvalue weighted by atomic mass is 9.69. The number of carbonyl (C=O) groups is 1. The zero-order valence-corrected chi connectivity index (χ0v) is 13.2. The van der Waals surface area contributed by atoms with Crippen molar-refractivity contribution in [3.8, 4) is 0 Å². The molecule has 1 saturated heterocycles. The smallest absolute Gasteiger partial charge is 0.239 e. The molecule has 0 radical (unpaired) electrons. The molecule has 4 nitrogen and oxygen atoms in total. The molecule has 0 aromatic heterocycles. The van der Waals surface area contributed by atoms with Gasteiger partial charge in [-0.1, -0.05) is 27.2 Å². The van der Waals surface area contributed by atoms with Crippen LogP contribution in [0.25, 0.3) is 0 Å². The van der Waals surface area contributed by atoms with Crippen LogP contribution in [-0.2, 0) is 9.53 Å². The Morgan fingerprint density at radius 2 is 2.00 bits per heavy atom. The molecule has 20 heavy (non-hydrogen) atoms. The lowest BCUT2D eigenvalue weighted by molar-refractivity contribution is -0.127. The Hall–Kier alpha value is -0.610. The van der Waals surface area contributed by atoms with Crippen molar-refractivity contribution in [2.45, 2.75) is 65.0 Å². The van der Waals surface area contributed by atoms with Crippen molar-refractivity contribution in [1.82, 2.24) is 10.6 Å². The number of rotatable bonds is 4. The van der Waals surface area contributed by atoms with Crippen molar-refractivity contribution in [1.29, 1.82) is 0 Å². The van der Waals surface area contributed by atoms with E-state index < -0.39 is 0 Å². The number of morpholine rings is 1. The topological polar surface area (TPSA) is 50.4 Å². The van der Waals surface area contributed by atoms with Crippen LogP contribution < -0.4 is 10.6 Å². The fourth-order valence-corrected chi connectivity index (χ4v) is 3.34. The first-order chi connectivity index (χ1) is 9.53. The molecule has 2 N–H and O–H groups in total. The van der Waals surface area contributed by atoms with Gasteiger partial charge in [-0.15, -0.1) is 0 Å². The number of carbonyl (C=O) groups excluding carboxylic acids is 1. The molecule has 4 heteroatoms. The summed E-state index contributed by atoms with van der Waals surface area (Å²) in [4.78, 5) is 12.1. The third kappa shape index (κ3) is 3.95. The van der Waals surface area contributed by atoms with Crippen LogP contribution in [0.3, 0.4) is 0 Å². The largest absolute Gasteiger partial charge is 0.378 e. The minimum atomic E-state index is -0.159. The third-order valence-corrected chi connectivity index (χ3v) is 5.33. The summed E-state index contributed by atoms with van der Waals surface area (Å²) in [6.07, 6.45) is 5.94. The lowest BCUT2D eigenvalue weighted by Gasteiger charge is -2.39. The number of hydrogen-bond acceptors (Lipinski definition) is 3. The highest BCUT2D eigenvalue weighted by molar-refractivity contribution is 5.82. The Labute approximate surface area is 123 Å². The van der Waals surface area contributed by atoms with Crippen LogP contribution in [0.4, 0.5) is 0 Å². The highest BCUT2D eigenvalue weighted by atomic mass is 16.5. The second-order valence-corrected chi connectivity index (χ2v) is 6.98. The average molecular weight is 282 g/mol. The summed E-state index contributed by atoms with van der Waals surface area (Å²) < 4.78 is 5.35. The monoisotopic (exact) mass is 282 g/mol. The van der Waals surface area contributed by atoms with Gasteiger partial charge in [0.15, 0.2) is 0 Å². The molecule has 2 fully saturated rings. The van der Waals surface area contributed by atoms with E-state index in [2.05, 4.69) is 31.4 Å². The third-order valence-electron chi connectivity index (χ3n) is 5.33. The van der Waals surface area contributed by atoms with Crippen molar-refractivity contribution in [2.24, 2.45) is 11.3 Å². The summed E-state index contributed by atoms with van der Waals surface area (Å²) in [7, 11) is 0. The molecule has 1 saturated carbocycles. The van der Waals surface area contributed by atoms with Gasteiger partial charge in [-0.25, -0.2) is 0 Å². The Balaban J connectivity index is 1.75. The van der Waals surface area contributed by atoms with Gasteiger partial charge in [-0.3, -0.25) is 4.79 Å². The average Bonchev–Trinajstić information content (AvgIpc) is 2.48. The molecule has 116 valence electrons. The lowest BCUT2D eigenvalue weighted by Crippen LogP contribution is -2.53. The van der Waals surface area contributed by atoms with Gasteiger partial charge in [-0.2, -0.15) is 0 Å². The fraction of sp³-hybridized carbons (Fsp3) is 0.938. The Bertz CT molecular complexity index is 316. The molecular weight excluding hydrogens is 252 g/mol. The van der Waals surface area contributed by atoms with Crippen molar-refractivity contribution in [3.05, 3.63) is 0 Å². The van der Waals surface area contributed by atoms with Crippen LogP contribution in [-0.4, -0.2) is 37.7 Å².